The smallest absolute Gasteiger partial charge is 0.335 e. The molecule has 6 nitrogen and oxygen atoms in total. The highest BCUT2D eigenvalue weighted by Gasteiger charge is 2.30. The van der Waals surface area contributed by atoms with E-state index in [0.717, 1.165) is 12.1 Å². The number of halogens is 3. The normalized spacial score (nSPS) is 12.0. The van der Waals surface area contributed by atoms with Crippen molar-refractivity contribution < 1.29 is 13.2 Å². The van der Waals surface area contributed by atoms with E-state index in [4.69, 9.17) is 5.84 Å². The summed E-state index contributed by atoms with van der Waals surface area (Å²) < 4.78 is 38.7. The van der Waals surface area contributed by atoms with Crippen LogP contribution in [0.2, 0.25) is 0 Å². The molecule has 0 saturated carbocycles. The number of hydrazone groups is 1. The Bertz CT molecular complexity index is 631. The van der Waals surface area contributed by atoms with Crippen molar-refractivity contribution in [3.8, 4) is 0 Å². The summed E-state index contributed by atoms with van der Waals surface area (Å²) in [5.74, 6) is 6.23. The molecule has 0 unspecified atom stereocenters. The van der Waals surface area contributed by atoms with E-state index in [1.54, 1.807) is 6.92 Å². The predicted molar refractivity (Wildman–Crippen MR) is 67.6 cm³/mol. The molecule has 0 fully saturated rings. The molecular weight excluding hydrogens is 273 g/mol. The van der Waals surface area contributed by atoms with Gasteiger partial charge in [-0.05, 0) is 24.6 Å². The summed E-state index contributed by atoms with van der Waals surface area (Å²) in [5.41, 5.74) is 2.05. The van der Waals surface area contributed by atoms with E-state index in [1.165, 1.54) is 23.0 Å². The quantitative estimate of drug-likeness (QED) is 0.511. The van der Waals surface area contributed by atoms with Crippen LogP contribution in [0, 0.1) is 6.92 Å². The van der Waals surface area contributed by atoms with E-state index in [2.05, 4.69) is 20.7 Å². The Morgan fingerprint density at radius 2 is 2.10 bits per heavy atom. The van der Waals surface area contributed by atoms with Crippen molar-refractivity contribution in [2.45, 2.75) is 13.1 Å². The minimum Gasteiger partial charge on any atom is -0.335 e. The van der Waals surface area contributed by atoms with Crippen LogP contribution in [0.15, 0.2) is 29.4 Å². The van der Waals surface area contributed by atoms with E-state index in [9.17, 15) is 13.2 Å². The van der Waals surface area contributed by atoms with E-state index in [1.807, 2.05) is 0 Å². The van der Waals surface area contributed by atoms with Crippen LogP contribution < -0.4 is 11.3 Å². The van der Waals surface area contributed by atoms with Gasteiger partial charge in [-0.3, -0.25) is 0 Å². The van der Waals surface area contributed by atoms with Gasteiger partial charge in [0.05, 0.1) is 11.8 Å². The van der Waals surface area contributed by atoms with Crippen molar-refractivity contribution in [3.05, 3.63) is 41.2 Å². The number of nitrogens with one attached hydrogen (secondary N) is 1. The molecule has 2 aromatic rings. The van der Waals surface area contributed by atoms with Gasteiger partial charge in [0.2, 0.25) is 0 Å². The number of rotatable bonds is 3. The lowest BCUT2D eigenvalue weighted by Gasteiger charge is -2.06. The molecule has 1 heterocycles. The van der Waals surface area contributed by atoms with Gasteiger partial charge in [-0.2, -0.15) is 18.3 Å². The maximum atomic E-state index is 12.5. The second-order valence-electron chi connectivity index (χ2n) is 3.93. The molecule has 0 aliphatic rings. The molecule has 0 bridgehead atoms. The number of hydrogen-bond donors (Lipinski definition) is 2. The van der Waals surface area contributed by atoms with E-state index < -0.39 is 11.7 Å². The van der Waals surface area contributed by atoms with Gasteiger partial charge in [-0.1, -0.05) is 12.1 Å². The molecule has 106 valence electrons. The fraction of sp³-hybridized carbons (Fsp3) is 0.182. The molecule has 0 radical (unpaired) electrons. The third-order valence-electron chi connectivity index (χ3n) is 2.46. The van der Waals surface area contributed by atoms with Crippen molar-refractivity contribution in [1.29, 1.82) is 0 Å². The number of aromatic nitrogens is 3. The highest BCUT2D eigenvalue weighted by Crippen LogP contribution is 2.29. The fourth-order valence-corrected chi connectivity index (χ4v) is 1.41. The third-order valence-corrected chi connectivity index (χ3v) is 2.46. The van der Waals surface area contributed by atoms with Crippen molar-refractivity contribution >= 4 is 12.2 Å². The second kappa shape index (κ2) is 5.19. The van der Waals surface area contributed by atoms with Gasteiger partial charge in [0.15, 0.2) is 5.82 Å². The van der Waals surface area contributed by atoms with Crippen LogP contribution in [-0.2, 0) is 6.18 Å². The maximum absolute atomic E-state index is 12.5. The largest absolute Gasteiger partial charge is 0.416 e. The average molecular weight is 284 g/mol. The Hall–Kier alpha value is -2.58. The van der Waals surface area contributed by atoms with Crippen molar-refractivity contribution in [1.82, 2.24) is 14.9 Å². The zero-order chi connectivity index (χ0) is 14.8. The zero-order valence-electron chi connectivity index (χ0n) is 10.4. The molecule has 1 aromatic carbocycles. The lowest BCUT2D eigenvalue weighted by Crippen LogP contribution is -2.13. The molecule has 9 heteroatoms. The minimum atomic E-state index is -4.38. The molecule has 3 N–H and O–H groups in total. The summed E-state index contributed by atoms with van der Waals surface area (Å²) in [6, 6.07) is 4.78. The number of nitrogen functional groups attached to an aromatic ring is 1. The van der Waals surface area contributed by atoms with Crippen LogP contribution in [-0.4, -0.2) is 21.1 Å². The fourth-order valence-electron chi connectivity index (χ4n) is 1.41. The van der Waals surface area contributed by atoms with Gasteiger partial charge < -0.3 is 5.84 Å². The lowest BCUT2D eigenvalue weighted by atomic mass is 10.1. The van der Waals surface area contributed by atoms with Crippen LogP contribution in [0.5, 0.6) is 0 Å². The average Bonchev–Trinajstić information content (AvgIpc) is 2.70. The molecule has 0 aliphatic carbocycles. The predicted octanol–water partition coefficient (Wildman–Crippen LogP) is 1.77. The molecule has 0 atom stereocenters. The number of aryl methyl sites for hydroxylation is 1. The first-order valence-electron chi connectivity index (χ1n) is 5.51. The first-order chi connectivity index (χ1) is 9.38. The van der Waals surface area contributed by atoms with Gasteiger partial charge in [-0.15, -0.1) is 10.2 Å². The van der Waals surface area contributed by atoms with Crippen molar-refractivity contribution in [3.63, 3.8) is 0 Å². The van der Waals surface area contributed by atoms with Crippen LogP contribution in [0.1, 0.15) is 17.0 Å². The number of anilines is 1. The molecule has 0 saturated heterocycles. The number of nitrogens with two attached hydrogens (primary N) is 1. The van der Waals surface area contributed by atoms with E-state index in [0.29, 0.717) is 11.4 Å². The summed E-state index contributed by atoms with van der Waals surface area (Å²) >= 11 is 0. The Morgan fingerprint density at radius 3 is 2.70 bits per heavy atom. The molecule has 1 aromatic heterocycles. The SMILES string of the molecule is Cc1nnc(N/N=C/c2cccc(C(F)(F)F)c2)n1N. The van der Waals surface area contributed by atoms with Gasteiger partial charge >= 0.3 is 6.18 Å². The highest BCUT2D eigenvalue weighted by atomic mass is 19.4. The Labute approximate surface area is 112 Å². The number of alkyl halides is 3. The van der Waals surface area contributed by atoms with Gasteiger partial charge in [-0.25, -0.2) is 10.1 Å². The standard InChI is InChI=1S/C11H11F3N6/c1-7-17-19-10(20(7)15)18-16-6-8-3-2-4-9(5-8)11(12,13)14/h2-6H,15H2,1H3,(H,18,19)/b16-6+. The van der Waals surface area contributed by atoms with Gasteiger partial charge in [0.25, 0.3) is 5.95 Å². The van der Waals surface area contributed by atoms with Crippen LogP contribution in [0.3, 0.4) is 0 Å². The minimum absolute atomic E-state index is 0.186. The monoisotopic (exact) mass is 284 g/mol. The Morgan fingerprint density at radius 1 is 1.35 bits per heavy atom. The number of benzene rings is 1. The number of hydrogen-bond acceptors (Lipinski definition) is 5. The summed E-state index contributed by atoms with van der Waals surface area (Å²) in [5, 5.41) is 11.1. The van der Waals surface area contributed by atoms with Crippen molar-refractivity contribution in [2.24, 2.45) is 5.10 Å². The van der Waals surface area contributed by atoms with Crippen LogP contribution in [0.4, 0.5) is 19.1 Å². The maximum Gasteiger partial charge on any atom is 0.416 e. The molecule has 2 rings (SSSR count). The first-order valence-corrected chi connectivity index (χ1v) is 5.51. The molecule has 0 aliphatic heterocycles. The van der Waals surface area contributed by atoms with Crippen LogP contribution in [0.25, 0.3) is 0 Å². The summed E-state index contributed by atoms with van der Waals surface area (Å²) in [6.45, 7) is 1.65. The van der Waals surface area contributed by atoms with E-state index >= 15 is 0 Å². The van der Waals surface area contributed by atoms with Gasteiger partial charge in [0.1, 0.15) is 0 Å². The first kappa shape index (κ1) is 13.8. The highest BCUT2D eigenvalue weighted by molar-refractivity contribution is 5.80. The Kier molecular flexibility index (Phi) is 3.59. The number of nitrogens with zero attached hydrogens (tertiary/aromatic N) is 4. The topological polar surface area (TPSA) is 81.1 Å². The second-order valence-corrected chi connectivity index (χ2v) is 3.93. The molecule has 0 spiro atoms. The lowest BCUT2D eigenvalue weighted by molar-refractivity contribution is -0.137. The molecule has 0 amide bonds. The third kappa shape index (κ3) is 3.05. The summed E-state index contributed by atoms with van der Waals surface area (Å²) in [6.07, 6.45) is -3.15. The van der Waals surface area contributed by atoms with Gasteiger partial charge in [0, 0.05) is 0 Å². The van der Waals surface area contributed by atoms with Crippen molar-refractivity contribution in [2.75, 3.05) is 11.3 Å². The summed E-state index contributed by atoms with van der Waals surface area (Å²) in [4.78, 5) is 0. The Balaban J connectivity index is 2.10. The summed E-state index contributed by atoms with van der Waals surface area (Å²) in [7, 11) is 0. The molecular formula is C11H11F3N6. The van der Waals surface area contributed by atoms with E-state index in [-0.39, 0.29) is 5.95 Å². The molecule has 20 heavy (non-hydrogen) atoms. The zero-order valence-corrected chi connectivity index (χ0v) is 10.4. The van der Waals surface area contributed by atoms with Crippen LogP contribution >= 0.6 is 0 Å².